The maximum absolute atomic E-state index is 12.9. The van der Waals surface area contributed by atoms with Gasteiger partial charge in [0.1, 0.15) is 18.1 Å². The Morgan fingerprint density at radius 3 is 2.00 bits per heavy atom. The van der Waals surface area contributed by atoms with E-state index in [0.29, 0.717) is 38.0 Å². The highest BCUT2D eigenvalue weighted by Crippen LogP contribution is 2.09. The number of carbonyl (C=O) groups is 4. The van der Waals surface area contributed by atoms with E-state index in [1.165, 1.54) is 11.8 Å². The van der Waals surface area contributed by atoms with Gasteiger partial charge in [0.05, 0.1) is 6.04 Å². The Bertz CT molecular complexity index is 609. The molecule has 0 saturated carbocycles. The fraction of sp³-hybridized carbons (Fsp3) is 0.800. The van der Waals surface area contributed by atoms with E-state index in [1.54, 1.807) is 0 Å². The zero-order valence-corrected chi connectivity index (χ0v) is 20.8. The molecule has 3 amide bonds. The number of amides is 3. The minimum Gasteiger partial charge on any atom is -0.480 e. The topological polar surface area (TPSA) is 177 Å². The van der Waals surface area contributed by atoms with Crippen LogP contribution in [0.15, 0.2) is 0 Å². The van der Waals surface area contributed by atoms with E-state index in [4.69, 9.17) is 11.5 Å². The van der Waals surface area contributed by atoms with Crippen LogP contribution in [-0.4, -0.2) is 77.3 Å². The van der Waals surface area contributed by atoms with Gasteiger partial charge >= 0.3 is 5.97 Å². The van der Waals surface area contributed by atoms with Crippen LogP contribution in [0, 0.1) is 5.92 Å². The number of unbranched alkanes of at least 4 members (excludes halogenated alkanes) is 1. The largest absolute Gasteiger partial charge is 0.480 e. The summed E-state index contributed by atoms with van der Waals surface area (Å²) in [6, 6.07) is -3.74. The number of carboxylic acid groups (broad SMARTS) is 1. The average molecular weight is 494 g/mol. The third-order valence-electron chi connectivity index (χ3n) is 4.68. The lowest BCUT2D eigenvalue weighted by Gasteiger charge is -2.26. The molecule has 186 valence electrons. The molecule has 0 aromatic rings. The van der Waals surface area contributed by atoms with E-state index < -0.39 is 47.9 Å². The van der Waals surface area contributed by atoms with E-state index in [-0.39, 0.29) is 18.1 Å². The van der Waals surface area contributed by atoms with Gasteiger partial charge in [-0.3, -0.25) is 14.4 Å². The lowest BCUT2D eigenvalue weighted by atomic mass is 10.0. The van der Waals surface area contributed by atoms with Crippen molar-refractivity contribution in [1.29, 1.82) is 0 Å². The molecule has 8 N–H and O–H groups in total. The van der Waals surface area contributed by atoms with Crippen LogP contribution < -0.4 is 27.4 Å². The summed E-state index contributed by atoms with van der Waals surface area (Å²) in [6.07, 6.45) is 3.99. The van der Waals surface area contributed by atoms with E-state index in [9.17, 15) is 24.3 Å². The molecule has 0 spiro atoms. The number of thiol groups is 1. The molecule has 0 rings (SSSR count). The molecule has 0 fully saturated rings. The van der Waals surface area contributed by atoms with Crippen LogP contribution in [0.2, 0.25) is 0 Å². The number of aliphatic carboxylic acids is 1. The Balaban J connectivity index is 5.35. The summed E-state index contributed by atoms with van der Waals surface area (Å²) in [5, 5.41) is 17.2. The Morgan fingerprint density at radius 1 is 0.938 bits per heavy atom. The second-order valence-corrected chi connectivity index (χ2v) is 9.36. The lowest BCUT2D eigenvalue weighted by Crippen LogP contribution is -2.57. The average Bonchev–Trinajstić information content (AvgIpc) is 2.73. The molecular formula is C20H39N5O5S2. The number of rotatable bonds is 17. The van der Waals surface area contributed by atoms with Crippen molar-refractivity contribution < 1.29 is 24.3 Å². The number of hydrogen-bond donors (Lipinski definition) is 7. The first-order chi connectivity index (χ1) is 15.1. The molecule has 0 aromatic carbocycles. The maximum Gasteiger partial charge on any atom is 0.326 e. The molecule has 0 aliphatic rings. The number of nitrogens with two attached hydrogens (primary N) is 2. The van der Waals surface area contributed by atoms with Crippen molar-refractivity contribution in [3.63, 3.8) is 0 Å². The number of carbonyl (C=O) groups excluding carboxylic acids is 3. The SMILES string of the molecule is CSCCC(NC(=O)C(N)CS)C(=O)NC(CC(C)C)C(=O)NC(CCCCN)C(=O)O. The van der Waals surface area contributed by atoms with Crippen LogP contribution in [0.3, 0.4) is 0 Å². The standard InChI is InChI=1S/C20H39N5O5S2/c1-12(2)10-16(19(28)24-15(20(29)30)6-4-5-8-21)25-18(27)14(7-9-32-3)23-17(26)13(22)11-31/h12-16,31H,4-11,21-22H2,1-3H3,(H,23,26)(H,24,28)(H,25,27)(H,29,30). The number of carboxylic acids is 1. The van der Waals surface area contributed by atoms with E-state index >= 15 is 0 Å². The van der Waals surface area contributed by atoms with Crippen molar-refractivity contribution in [3.8, 4) is 0 Å². The number of nitrogens with one attached hydrogen (secondary N) is 3. The highest BCUT2D eigenvalue weighted by Gasteiger charge is 2.30. The fourth-order valence-electron chi connectivity index (χ4n) is 2.86. The van der Waals surface area contributed by atoms with Crippen molar-refractivity contribution in [2.24, 2.45) is 17.4 Å². The fourth-order valence-corrected chi connectivity index (χ4v) is 3.50. The lowest BCUT2D eigenvalue weighted by molar-refractivity contribution is -0.142. The van der Waals surface area contributed by atoms with Gasteiger partial charge < -0.3 is 32.5 Å². The molecule has 0 radical (unpaired) electrons. The third-order valence-corrected chi connectivity index (χ3v) is 5.72. The summed E-state index contributed by atoms with van der Waals surface area (Å²) < 4.78 is 0. The van der Waals surface area contributed by atoms with Gasteiger partial charge in [-0.15, -0.1) is 0 Å². The summed E-state index contributed by atoms with van der Waals surface area (Å²) >= 11 is 5.51. The Hall–Kier alpha value is -1.50. The van der Waals surface area contributed by atoms with Crippen molar-refractivity contribution in [2.45, 2.75) is 70.1 Å². The predicted molar refractivity (Wildman–Crippen MR) is 131 cm³/mol. The highest BCUT2D eigenvalue weighted by molar-refractivity contribution is 7.98. The normalized spacial score (nSPS) is 14.8. The van der Waals surface area contributed by atoms with Crippen molar-refractivity contribution in [1.82, 2.24) is 16.0 Å². The number of thioether (sulfide) groups is 1. The molecule has 0 bridgehead atoms. The first-order valence-electron chi connectivity index (χ1n) is 10.8. The van der Waals surface area contributed by atoms with Gasteiger partial charge in [-0.25, -0.2) is 4.79 Å². The van der Waals surface area contributed by atoms with Gasteiger partial charge in [0.15, 0.2) is 0 Å². The van der Waals surface area contributed by atoms with Gasteiger partial charge in [-0.05, 0) is 56.6 Å². The highest BCUT2D eigenvalue weighted by atomic mass is 32.2. The molecule has 12 heteroatoms. The Morgan fingerprint density at radius 2 is 1.50 bits per heavy atom. The molecule has 0 aliphatic heterocycles. The maximum atomic E-state index is 12.9. The number of hydrogen-bond acceptors (Lipinski definition) is 8. The van der Waals surface area contributed by atoms with Crippen LogP contribution in [0.25, 0.3) is 0 Å². The van der Waals surface area contributed by atoms with Crippen LogP contribution in [0.4, 0.5) is 0 Å². The summed E-state index contributed by atoms with van der Waals surface area (Å²) in [4.78, 5) is 49.5. The zero-order chi connectivity index (χ0) is 24.7. The van der Waals surface area contributed by atoms with Gasteiger partial charge in [0.2, 0.25) is 17.7 Å². The van der Waals surface area contributed by atoms with E-state index in [0.717, 1.165) is 0 Å². The van der Waals surface area contributed by atoms with E-state index in [2.05, 4.69) is 28.6 Å². The minimum atomic E-state index is -1.14. The van der Waals surface area contributed by atoms with Gasteiger partial charge in [0.25, 0.3) is 0 Å². The van der Waals surface area contributed by atoms with Crippen molar-refractivity contribution in [2.75, 3.05) is 24.3 Å². The summed E-state index contributed by atoms with van der Waals surface area (Å²) in [6.45, 7) is 4.22. The monoisotopic (exact) mass is 493 g/mol. The molecule has 0 aromatic heterocycles. The van der Waals surface area contributed by atoms with Crippen LogP contribution in [0.5, 0.6) is 0 Å². The predicted octanol–water partition coefficient (Wildman–Crippen LogP) is -0.289. The molecule has 4 unspecified atom stereocenters. The van der Waals surface area contributed by atoms with Crippen LogP contribution >= 0.6 is 24.4 Å². The Kier molecular flexibility index (Phi) is 16.2. The zero-order valence-electron chi connectivity index (χ0n) is 19.1. The molecular weight excluding hydrogens is 454 g/mol. The van der Waals surface area contributed by atoms with E-state index in [1.807, 2.05) is 20.1 Å². The van der Waals surface area contributed by atoms with Gasteiger partial charge in [-0.2, -0.15) is 24.4 Å². The quantitative estimate of drug-likeness (QED) is 0.107. The summed E-state index contributed by atoms with van der Waals surface area (Å²) in [5.74, 6) is -1.94. The van der Waals surface area contributed by atoms with Gasteiger partial charge in [-0.1, -0.05) is 13.8 Å². The molecule has 0 heterocycles. The summed E-state index contributed by atoms with van der Waals surface area (Å²) in [5.41, 5.74) is 11.1. The molecule has 10 nitrogen and oxygen atoms in total. The van der Waals surface area contributed by atoms with Crippen LogP contribution in [0.1, 0.15) is 46.0 Å². The molecule has 4 atom stereocenters. The minimum absolute atomic E-state index is 0.0587. The van der Waals surface area contributed by atoms with Gasteiger partial charge in [0, 0.05) is 5.75 Å². The molecule has 0 aliphatic carbocycles. The molecule has 0 saturated heterocycles. The second-order valence-electron chi connectivity index (χ2n) is 8.01. The first kappa shape index (κ1) is 30.5. The first-order valence-corrected chi connectivity index (χ1v) is 12.8. The Labute approximate surface area is 200 Å². The molecule has 32 heavy (non-hydrogen) atoms. The van der Waals surface area contributed by atoms with Crippen LogP contribution in [-0.2, 0) is 19.2 Å². The van der Waals surface area contributed by atoms with Crippen molar-refractivity contribution >= 4 is 48.1 Å². The second kappa shape index (κ2) is 17.0. The smallest absolute Gasteiger partial charge is 0.326 e. The summed E-state index contributed by atoms with van der Waals surface area (Å²) in [7, 11) is 0. The van der Waals surface area contributed by atoms with Crippen molar-refractivity contribution in [3.05, 3.63) is 0 Å². The third kappa shape index (κ3) is 12.5.